The summed E-state index contributed by atoms with van der Waals surface area (Å²) in [6.45, 7) is 0. The largest absolute Gasteiger partial charge is 0.350 e. The molecule has 0 saturated carbocycles. The molecule has 0 fully saturated rings. The maximum absolute atomic E-state index is 9.52. The van der Waals surface area contributed by atoms with Crippen LogP contribution in [0.25, 0.3) is 30.7 Å². The van der Waals surface area contributed by atoms with Gasteiger partial charge in [0.1, 0.15) is 6.07 Å². The molecule has 3 aromatic heterocycles. The average molecular weight is 294 g/mol. The van der Waals surface area contributed by atoms with Crippen molar-refractivity contribution in [2.45, 2.75) is 0 Å². The summed E-state index contributed by atoms with van der Waals surface area (Å²) < 4.78 is 3.35. The van der Waals surface area contributed by atoms with Gasteiger partial charge in [-0.2, -0.15) is 5.26 Å². The summed E-state index contributed by atoms with van der Waals surface area (Å²) >= 11 is 3.42. The molecule has 0 spiro atoms. The fourth-order valence-electron chi connectivity index (χ4n) is 2.65. The van der Waals surface area contributed by atoms with Crippen molar-refractivity contribution in [3.8, 4) is 16.5 Å². The minimum atomic E-state index is 0.808. The Morgan fingerprint density at radius 3 is 2.85 bits per heavy atom. The molecule has 3 heterocycles. The second-order valence-corrected chi connectivity index (χ2v) is 6.91. The summed E-state index contributed by atoms with van der Waals surface area (Å²) in [6, 6.07) is 12.8. The first-order chi connectivity index (χ1) is 9.79. The minimum absolute atomic E-state index is 0.808. The lowest BCUT2D eigenvalue weighted by Crippen LogP contribution is -1.81. The zero-order valence-corrected chi connectivity index (χ0v) is 12.4. The van der Waals surface area contributed by atoms with E-state index in [2.05, 4.69) is 34.3 Å². The molecular formula is C16H10N2S2. The van der Waals surface area contributed by atoms with Gasteiger partial charge in [0.2, 0.25) is 0 Å². The van der Waals surface area contributed by atoms with Crippen LogP contribution in [0.4, 0.5) is 0 Å². The maximum Gasteiger partial charge on any atom is 0.101 e. The Morgan fingerprint density at radius 2 is 2.00 bits per heavy atom. The monoisotopic (exact) mass is 294 g/mol. The lowest BCUT2D eigenvalue weighted by Gasteiger charge is -1.96. The normalized spacial score (nSPS) is 11.2. The summed E-state index contributed by atoms with van der Waals surface area (Å²) in [5.74, 6) is 0. The van der Waals surface area contributed by atoms with Crippen molar-refractivity contribution in [2.75, 3.05) is 0 Å². The number of thiophene rings is 2. The molecule has 0 unspecified atom stereocenters. The second kappa shape index (κ2) is 4.20. The van der Waals surface area contributed by atoms with E-state index in [-0.39, 0.29) is 0 Å². The second-order valence-electron chi connectivity index (χ2n) is 4.71. The van der Waals surface area contributed by atoms with Crippen molar-refractivity contribution in [1.29, 1.82) is 5.26 Å². The van der Waals surface area contributed by atoms with Gasteiger partial charge in [0.15, 0.2) is 0 Å². The highest BCUT2D eigenvalue weighted by Gasteiger charge is 2.18. The summed E-state index contributed by atoms with van der Waals surface area (Å²) in [7, 11) is 2.05. The molecule has 1 aromatic carbocycles. The molecule has 0 amide bonds. The van der Waals surface area contributed by atoms with Crippen molar-refractivity contribution in [3.63, 3.8) is 0 Å². The van der Waals surface area contributed by atoms with Crippen LogP contribution in [0, 0.1) is 11.3 Å². The Bertz CT molecular complexity index is 979. The van der Waals surface area contributed by atoms with E-state index in [1.165, 1.54) is 14.9 Å². The van der Waals surface area contributed by atoms with E-state index >= 15 is 0 Å². The highest BCUT2D eigenvalue weighted by molar-refractivity contribution is 7.39. The van der Waals surface area contributed by atoms with Crippen LogP contribution in [0.15, 0.2) is 41.9 Å². The van der Waals surface area contributed by atoms with Gasteiger partial charge in [-0.25, -0.2) is 0 Å². The third-order valence-electron chi connectivity index (χ3n) is 3.57. The lowest BCUT2D eigenvalue weighted by molar-refractivity contribution is 0.970. The molecule has 0 aliphatic heterocycles. The van der Waals surface area contributed by atoms with Crippen LogP contribution >= 0.6 is 22.7 Å². The van der Waals surface area contributed by atoms with Crippen LogP contribution in [0.5, 0.6) is 0 Å². The number of hydrogen-bond donors (Lipinski definition) is 0. The first-order valence-corrected chi connectivity index (χ1v) is 7.93. The minimum Gasteiger partial charge on any atom is -0.350 e. The van der Waals surface area contributed by atoms with E-state index in [4.69, 9.17) is 0 Å². The molecule has 0 saturated heterocycles. The SMILES string of the molecule is Cn1cc(-c2sc3sccc3c2C#N)c2ccccc21. The van der Waals surface area contributed by atoms with Crippen LogP contribution in [-0.4, -0.2) is 4.57 Å². The van der Waals surface area contributed by atoms with Gasteiger partial charge < -0.3 is 4.57 Å². The van der Waals surface area contributed by atoms with Crippen molar-refractivity contribution in [1.82, 2.24) is 4.57 Å². The third-order valence-corrected chi connectivity index (χ3v) is 5.85. The number of rotatable bonds is 1. The van der Waals surface area contributed by atoms with Gasteiger partial charge in [0, 0.05) is 35.1 Å². The van der Waals surface area contributed by atoms with E-state index in [0.29, 0.717) is 0 Å². The molecule has 2 nitrogen and oxygen atoms in total. The summed E-state index contributed by atoms with van der Waals surface area (Å²) in [5, 5.41) is 13.9. The first-order valence-electron chi connectivity index (χ1n) is 6.24. The van der Waals surface area contributed by atoms with Crippen LogP contribution in [0.1, 0.15) is 5.56 Å². The molecule has 4 rings (SSSR count). The Morgan fingerprint density at radius 1 is 1.15 bits per heavy atom. The van der Waals surface area contributed by atoms with E-state index in [0.717, 1.165) is 21.4 Å². The molecule has 0 aliphatic rings. The molecule has 4 heteroatoms. The predicted molar refractivity (Wildman–Crippen MR) is 86.3 cm³/mol. The van der Waals surface area contributed by atoms with Crippen molar-refractivity contribution < 1.29 is 0 Å². The number of benzene rings is 1. The smallest absolute Gasteiger partial charge is 0.101 e. The van der Waals surface area contributed by atoms with E-state index in [1.807, 2.05) is 25.2 Å². The topological polar surface area (TPSA) is 28.7 Å². The van der Waals surface area contributed by atoms with Gasteiger partial charge in [-0.1, -0.05) is 18.2 Å². The Kier molecular flexibility index (Phi) is 2.46. The fraction of sp³-hybridized carbons (Fsp3) is 0.0625. The van der Waals surface area contributed by atoms with Gasteiger partial charge in [-0.05, 0) is 17.5 Å². The fourth-order valence-corrected chi connectivity index (χ4v) is 4.88. The van der Waals surface area contributed by atoms with Crippen LogP contribution in [-0.2, 0) is 7.05 Å². The third kappa shape index (κ3) is 1.48. The molecule has 20 heavy (non-hydrogen) atoms. The number of aromatic nitrogens is 1. The van der Waals surface area contributed by atoms with Crippen molar-refractivity contribution in [2.24, 2.45) is 7.05 Å². The molecule has 0 aliphatic carbocycles. The van der Waals surface area contributed by atoms with Gasteiger partial charge in [-0.15, -0.1) is 22.7 Å². The number of aryl methyl sites for hydroxylation is 1. The molecule has 96 valence electrons. The quantitative estimate of drug-likeness (QED) is 0.486. The average Bonchev–Trinajstić information content (AvgIpc) is 3.12. The van der Waals surface area contributed by atoms with Crippen LogP contribution < -0.4 is 0 Å². The molecular weight excluding hydrogens is 284 g/mol. The highest BCUT2D eigenvalue weighted by Crippen LogP contribution is 2.43. The van der Waals surface area contributed by atoms with Gasteiger partial charge in [0.05, 0.1) is 14.5 Å². The lowest BCUT2D eigenvalue weighted by atomic mass is 10.1. The Labute approximate surface area is 124 Å². The zero-order valence-electron chi connectivity index (χ0n) is 10.8. The van der Waals surface area contributed by atoms with Gasteiger partial charge >= 0.3 is 0 Å². The Hall–Kier alpha value is -2.09. The van der Waals surface area contributed by atoms with E-state index < -0.39 is 0 Å². The molecule has 0 radical (unpaired) electrons. The molecule has 4 aromatic rings. The standard InChI is InChI=1S/C16H10N2S2/c1-18-9-13(10-4-2-3-5-14(10)18)15-12(8-17)11-6-7-19-16(11)20-15/h2-7,9H,1H3. The number of para-hydroxylation sites is 1. The van der Waals surface area contributed by atoms with Crippen LogP contribution in [0.2, 0.25) is 0 Å². The van der Waals surface area contributed by atoms with E-state index in [1.54, 1.807) is 22.7 Å². The molecule has 0 N–H and O–H groups in total. The predicted octanol–water partition coefficient (Wildman–Crippen LogP) is 4.99. The van der Waals surface area contributed by atoms with Crippen molar-refractivity contribution >= 4 is 43.0 Å². The van der Waals surface area contributed by atoms with E-state index in [9.17, 15) is 5.26 Å². The zero-order chi connectivity index (χ0) is 13.7. The number of hydrogen-bond acceptors (Lipinski definition) is 3. The summed E-state index contributed by atoms with van der Waals surface area (Å²) in [6.07, 6.45) is 2.13. The van der Waals surface area contributed by atoms with Gasteiger partial charge in [0.25, 0.3) is 0 Å². The van der Waals surface area contributed by atoms with Crippen LogP contribution in [0.3, 0.4) is 0 Å². The first kappa shape index (κ1) is 11.7. The highest BCUT2D eigenvalue weighted by atomic mass is 32.2. The van der Waals surface area contributed by atoms with Gasteiger partial charge in [-0.3, -0.25) is 0 Å². The summed E-state index contributed by atoms with van der Waals surface area (Å²) in [5.41, 5.74) is 3.17. The Balaban J connectivity index is 2.11. The summed E-state index contributed by atoms with van der Waals surface area (Å²) in [4.78, 5) is 1.09. The number of fused-ring (bicyclic) bond motifs is 2. The van der Waals surface area contributed by atoms with Crippen molar-refractivity contribution in [3.05, 3.63) is 47.5 Å². The number of nitriles is 1. The number of nitrogens with zero attached hydrogens (tertiary/aromatic N) is 2. The molecule has 0 atom stereocenters. The molecule has 0 bridgehead atoms. The maximum atomic E-state index is 9.52.